The second-order valence-corrected chi connectivity index (χ2v) is 4.96. The first-order valence-electron chi connectivity index (χ1n) is 6.16. The lowest BCUT2D eigenvalue weighted by molar-refractivity contribution is -0.142. The van der Waals surface area contributed by atoms with E-state index in [0.29, 0.717) is 6.42 Å². The highest BCUT2D eigenvalue weighted by atomic mass is 16.4. The van der Waals surface area contributed by atoms with Gasteiger partial charge in [0.15, 0.2) is 0 Å². The van der Waals surface area contributed by atoms with Crippen LogP contribution in [0.5, 0.6) is 0 Å². The molecule has 0 aliphatic heterocycles. The van der Waals surface area contributed by atoms with Crippen molar-refractivity contribution in [2.75, 3.05) is 0 Å². The van der Waals surface area contributed by atoms with Gasteiger partial charge in [0.25, 0.3) is 0 Å². The van der Waals surface area contributed by atoms with Crippen molar-refractivity contribution >= 4 is 5.97 Å². The Bertz CT molecular complexity index is 559. The lowest BCUT2D eigenvalue weighted by Crippen LogP contribution is -2.46. The van der Waals surface area contributed by atoms with Gasteiger partial charge in [-0.1, -0.05) is 54.6 Å². The summed E-state index contributed by atoms with van der Waals surface area (Å²) < 4.78 is 0. The molecule has 2 rings (SSSR count). The van der Waals surface area contributed by atoms with Crippen molar-refractivity contribution in [1.82, 2.24) is 0 Å². The Hall–Kier alpha value is -2.13. The highest BCUT2D eigenvalue weighted by Gasteiger charge is 2.27. The summed E-state index contributed by atoms with van der Waals surface area (Å²) in [5.41, 5.74) is 7.69. The topological polar surface area (TPSA) is 63.3 Å². The van der Waals surface area contributed by atoms with Gasteiger partial charge in [0.05, 0.1) is 0 Å². The molecule has 3 N–H and O–H groups in total. The van der Waals surface area contributed by atoms with Crippen molar-refractivity contribution in [2.45, 2.75) is 18.9 Å². The molecule has 0 heterocycles. The highest BCUT2D eigenvalue weighted by molar-refractivity contribution is 5.78. The summed E-state index contributed by atoms with van der Waals surface area (Å²) in [5.74, 6) is -0.986. The van der Waals surface area contributed by atoms with Crippen molar-refractivity contribution in [2.24, 2.45) is 5.73 Å². The van der Waals surface area contributed by atoms with E-state index in [0.717, 1.165) is 16.7 Å². The molecule has 0 amide bonds. The third-order valence-corrected chi connectivity index (χ3v) is 3.12. The van der Waals surface area contributed by atoms with E-state index in [-0.39, 0.29) is 0 Å². The molecule has 2 aromatic carbocycles. The van der Waals surface area contributed by atoms with Gasteiger partial charge in [-0.05, 0) is 23.6 Å². The number of aliphatic carboxylic acids is 1. The van der Waals surface area contributed by atoms with Gasteiger partial charge in [0.1, 0.15) is 5.54 Å². The molecule has 3 nitrogen and oxygen atoms in total. The summed E-state index contributed by atoms with van der Waals surface area (Å²) in [4.78, 5) is 11.0. The quantitative estimate of drug-likeness (QED) is 0.883. The largest absolute Gasteiger partial charge is 0.480 e. The Morgan fingerprint density at radius 2 is 1.58 bits per heavy atom. The Labute approximate surface area is 112 Å². The fraction of sp³-hybridized carbons (Fsp3) is 0.188. The first-order chi connectivity index (χ1) is 8.99. The first kappa shape index (κ1) is 13.3. The van der Waals surface area contributed by atoms with Crippen molar-refractivity contribution < 1.29 is 9.90 Å². The van der Waals surface area contributed by atoms with E-state index in [4.69, 9.17) is 10.8 Å². The zero-order valence-corrected chi connectivity index (χ0v) is 10.8. The summed E-state index contributed by atoms with van der Waals surface area (Å²) in [7, 11) is 0. The van der Waals surface area contributed by atoms with Crippen molar-refractivity contribution in [3.63, 3.8) is 0 Å². The molecule has 0 saturated heterocycles. The van der Waals surface area contributed by atoms with Gasteiger partial charge >= 0.3 is 5.97 Å². The number of carboxylic acid groups (broad SMARTS) is 1. The van der Waals surface area contributed by atoms with Crippen molar-refractivity contribution in [3.05, 3.63) is 60.2 Å². The fourth-order valence-corrected chi connectivity index (χ4v) is 1.95. The van der Waals surface area contributed by atoms with Gasteiger partial charge in [-0.2, -0.15) is 0 Å². The zero-order valence-electron chi connectivity index (χ0n) is 10.8. The van der Waals surface area contributed by atoms with Gasteiger partial charge < -0.3 is 10.8 Å². The molecule has 0 saturated carbocycles. The summed E-state index contributed by atoms with van der Waals surface area (Å²) >= 11 is 0. The molecule has 0 aliphatic carbocycles. The summed E-state index contributed by atoms with van der Waals surface area (Å²) in [6.45, 7) is 1.53. The van der Waals surface area contributed by atoms with E-state index in [2.05, 4.69) is 0 Å². The molecular formula is C16H17NO2. The van der Waals surface area contributed by atoms with Crippen LogP contribution < -0.4 is 5.73 Å². The molecule has 19 heavy (non-hydrogen) atoms. The van der Waals surface area contributed by atoms with Crippen molar-refractivity contribution in [3.8, 4) is 11.1 Å². The second kappa shape index (κ2) is 5.24. The van der Waals surface area contributed by atoms with Crippen LogP contribution in [0.2, 0.25) is 0 Å². The highest BCUT2D eigenvalue weighted by Crippen LogP contribution is 2.20. The lowest BCUT2D eigenvalue weighted by atomic mass is 9.93. The zero-order chi connectivity index (χ0) is 13.9. The van der Waals surface area contributed by atoms with E-state index in [1.165, 1.54) is 6.92 Å². The smallest absolute Gasteiger partial charge is 0.323 e. The molecule has 0 radical (unpaired) electrons. The predicted octanol–water partition coefficient (Wildman–Crippen LogP) is 2.70. The van der Waals surface area contributed by atoms with Crippen LogP contribution >= 0.6 is 0 Å². The van der Waals surface area contributed by atoms with E-state index in [9.17, 15) is 4.79 Å². The molecule has 2 aromatic rings. The van der Waals surface area contributed by atoms with Gasteiger partial charge in [0, 0.05) is 6.42 Å². The van der Waals surface area contributed by atoms with Crippen LogP contribution in [0.15, 0.2) is 54.6 Å². The van der Waals surface area contributed by atoms with Gasteiger partial charge in [-0.3, -0.25) is 4.79 Å². The predicted molar refractivity (Wildman–Crippen MR) is 75.8 cm³/mol. The van der Waals surface area contributed by atoms with Crippen LogP contribution in [0.3, 0.4) is 0 Å². The number of hydrogen-bond acceptors (Lipinski definition) is 2. The third kappa shape index (κ3) is 3.20. The first-order valence-corrected chi connectivity index (χ1v) is 6.16. The van der Waals surface area contributed by atoms with Gasteiger partial charge in [-0.15, -0.1) is 0 Å². The maximum absolute atomic E-state index is 11.0. The normalized spacial score (nSPS) is 13.8. The summed E-state index contributed by atoms with van der Waals surface area (Å²) in [6.07, 6.45) is 0.317. The molecule has 0 unspecified atom stereocenters. The van der Waals surface area contributed by atoms with E-state index in [1.807, 2.05) is 54.6 Å². The Balaban J connectivity index is 2.18. The van der Waals surface area contributed by atoms with Crippen LogP contribution in [0.4, 0.5) is 0 Å². The number of rotatable bonds is 4. The number of carboxylic acids is 1. The Morgan fingerprint density at radius 3 is 2.11 bits per heavy atom. The maximum atomic E-state index is 11.0. The standard InChI is InChI=1S/C16H17NO2/c1-16(17,15(18)19)11-12-7-9-14(10-8-12)13-5-3-2-4-6-13/h2-10H,11,17H2,1H3,(H,18,19)/t16-/m1/s1. The minimum Gasteiger partial charge on any atom is -0.480 e. The fourth-order valence-electron chi connectivity index (χ4n) is 1.95. The molecule has 0 spiro atoms. The van der Waals surface area contributed by atoms with Gasteiger partial charge in [-0.25, -0.2) is 0 Å². The molecule has 0 aromatic heterocycles. The average Bonchev–Trinajstić information content (AvgIpc) is 2.40. The number of benzene rings is 2. The molecular weight excluding hydrogens is 238 g/mol. The monoisotopic (exact) mass is 255 g/mol. The van der Waals surface area contributed by atoms with Crippen LogP contribution in [-0.2, 0) is 11.2 Å². The number of carbonyl (C=O) groups is 1. The Kier molecular flexibility index (Phi) is 3.67. The van der Waals surface area contributed by atoms with Crippen molar-refractivity contribution in [1.29, 1.82) is 0 Å². The second-order valence-electron chi connectivity index (χ2n) is 4.96. The van der Waals surface area contributed by atoms with Gasteiger partial charge in [0.2, 0.25) is 0 Å². The summed E-state index contributed by atoms with van der Waals surface area (Å²) in [5, 5.41) is 9.01. The number of nitrogens with two attached hydrogens (primary N) is 1. The molecule has 1 atom stereocenters. The molecule has 0 fully saturated rings. The van der Waals surface area contributed by atoms with Crippen LogP contribution in [-0.4, -0.2) is 16.6 Å². The summed E-state index contributed by atoms with van der Waals surface area (Å²) in [6, 6.07) is 17.9. The molecule has 98 valence electrons. The number of hydrogen-bond donors (Lipinski definition) is 2. The minimum absolute atomic E-state index is 0.317. The third-order valence-electron chi connectivity index (χ3n) is 3.12. The van der Waals surface area contributed by atoms with E-state index in [1.54, 1.807) is 0 Å². The van der Waals surface area contributed by atoms with Crippen LogP contribution in [0.25, 0.3) is 11.1 Å². The molecule has 0 aliphatic rings. The maximum Gasteiger partial charge on any atom is 0.323 e. The molecule has 3 heteroatoms. The van der Waals surface area contributed by atoms with Crippen LogP contribution in [0, 0.1) is 0 Å². The van der Waals surface area contributed by atoms with E-state index < -0.39 is 11.5 Å². The minimum atomic E-state index is -1.23. The van der Waals surface area contributed by atoms with E-state index >= 15 is 0 Å². The molecule has 0 bridgehead atoms. The Morgan fingerprint density at radius 1 is 1.05 bits per heavy atom. The van der Waals surface area contributed by atoms with Crippen LogP contribution in [0.1, 0.15) is 12.5 Å². The lowest BCUT2D eigenvalue weighted by Gasteiger charge is -2.19. The SMILES string of the molecule is C[C@@](N)(Cc1ccc(-c2ccccc2)cc1)C(=O)O. The average molecular weight is 255 g/mol.